The van der Waals surface area contributed by atoms with Gasteiger partial charge in [-0.2, -0.15) is 16.8 Å². The first-order chi connectivity index (χ1) is 14.8. The number of amides is 2. The second-order valence-electron chi connectivity index (χ2n) is 6.45. The van der Waals surface area contributed by atoms with E-state index in [0.29, 0.717) is 0 Å². The van der Waals surface area contributed by atoms with E-state index in [-0.39, 0.29) is 29.1 Å². The van der Waals surface area contributed by atoms with Crippen molar-refractivity contribution in [2.45, 2.75) is 16.7 Å². The van der Waals surface area contributed by atoms with Crippen LogP contribution in [0.4, 0.5) is 11.4 Å². The molecule has 2 amide bonds. The van der Waals surface area contributed by atoms with Gasteiger partial charge in [0.2, 0.25) is 11.8 Å². The lowest BCUT2D eigenvalue weighted by atomic mass is 10.1. The minimum absolute atomic E-state index is 0.0136. The van der Waals surface area contributed by atoms with Gasteiger partial charge in [0.25, 0.3) is 20.2 Å². The van der Waals surface area contributed by atoms with Crippen LogP contribution in [0.2, 0.25) is 0 Å². The molecule has 172 valence electrons. The first-order valence-electron chi connectivity index (χ1n) is 8.79. The molecule has 4 N–H and O–H groups in total. The lowest BCUT2D eigenvalue weighted by Crippen LogP contribution is -2.17. The molecule has 0 aliphatic carbocycles. The maximum absolute atomic E-state index is 11.8. The van der Waals surface area contributed by atoms with Crippen molar-refractivity contribution in [2.24, 2.45) is 0 Å². The number of anilines is 2. The molecular weight excluding hydrogens is 464 g/mol. The van der Waals surface area contributed by atoms with E-state index in [1.54, 1.807) is 0 Å². The minimum Gasteiger partial charge on any atom is -0.375 e. The average Bonchev–Trinajstić information content (AvgIpc) is 2.65. The molecule has 32 heavy (non-hydrogen) atoms. The van der Waals surface area contributed by atoms with Crippen molar-refractivity contribution in [3.05, 3.63) is 47.5 Å². The zero-order valence-corrected chi connectivity index (χ0v) is 18.5. The van der Waals surface area contributed by atoms with Gasteiger partial charge in [0.15, 0.2) is 0 Å². The molecule has 0 heterocycles. The lowest BCUT2D eigenvalue weighted by molar-refractivity contribution is -0.119. The normalized spacial score (nSPS) is 12.0. The van der Waals surface area contributed by atoms with Gasteiger partial charge in [-0.3, -0.25) is 18.7 Å². The van der Waals surface area contributed by atoms with E-state index >= 15 is 0 Å². The monoisotopic (exact) mass is 484 g/mol. The van der Waals surface area contributed by atoms with E-state index in [1.807, 2.05) is 0 Å². The average molecular weight is 485 g/mol. The Balaban J connectivity index is 2.50. The number of ether oxygens (including phenoxy) is 1. The molecule has 0 unspecified atom stereocenters. The Hall–Kier alpha value is -3.10. The first-order valence-corrected chi connectivity index (χ1v) is 11.7. The van der Waals surface area contributed by atoms with Crippen molar-refractivity contribution in [1.82, 2.24) is 0 Å². The highest BCUT2D eigenvalue weighted by Crippen LogP contribution is 2.26. The van der Waals surface area contributed by atoms with Gasteiger partial charge in [0.1, 0.15) is 16.4 Å². The first kappa shape index (κ1) is 25.2. The zero-order valence-electron chi connectivity index (χ0n) is 16.9. The summed E-state index contributed by atoms with van der Waals surface area (Å²) in [5, 5.41) is 4.78. The molecule has 0 spiro atoms. The molecule has 2 aromatic rings. The SMILES string of the molecule is COCC(=O)Nc1ccc(C=Cc2ccc(NC(C)=O)cc2S(=O)(=O)O)c(S(=O)(=O)O)c1. The van der Waals surface area contributed by atoms with Crippen LogP contribution in [0.3, 0.4) is 0 Å². The predicted molar refractivity (Wildman–Crippen MR) is 116 cm³/mol. The Morgan fingerprint density at radius 3 is 1.69 bits per heavy atom. The summed E-state index contributed by atoms with van der Waals surface area (Å²) in [5.41, 5.74) is 0.164. The number of nitrogens with one attached hydrogen (secondary N) is 2. The Kier molecular flexibility index (Phi) is 7.87. The molecular formula is C19H20N2O9S2. The lowest BCUT2D eigenvalue weighted by Gasteiger charge is -2.10. The number of hydrogen-bond acceptors (Lipinski definition) is 7. The molecule has 0 radical (unpaired) electrons. The van der Waals surface area contributed by atoms with Crippen molar-refractivity contribution in [2.75, 3.05) is 24.4 Å². The second kappa shape index (κ2) is 10.0. The fourth-order valence-electron chi connectivity index (χ4n) is 2.66. The van der Waals surface area contributed by atoms with Gasteiger partial charge in [0, 0.05) is 25.4 Å². The third kappa shape index (κ3) is 6.96. The third-order valence-corrected chi connectivity index (χ3v) is 5.72. The molecule has 0 aromatic heterocycles. The molecule has 2 aromatic carbocycles. The van der Waals surface area contributed by atoms with Crippen LogP contribution in [-0.4, -0.2) is 51.5 Å². The van der Waals surface area contributed by atoms with E-state index in [2.05, 4.69) is 15.4 Å². The zero-order chi connectivity index (χ0) is 24.1. The summed E-state index contributed by atoms with van der Waals surface area (Å²) in [4.78, 5) is 21.7. The summed E-state index contributed by atoms with van der Waals surface area (Å²) in [6, 6.07) is 7.37. The largest absolute Gasteiger partial charge is 0.375 e. The quantitative estimate of drug-likeness (QED) is 0.322. The topological polar surface area (TPSA) is 176 Å². The molecule has 0 atom stereocenters. The van der Waals surface area contributed by atoms with Gasteiger partial charge in [0.05, 0.1) is 0 Å². The number of methoxy groups -OCH3 is 1. The van der Waals surface area contributed by atoms with E-state index in [9.17, 15) is 35.5 Å². The maximum Gasteiger partial charge on any atom is 0.295 e. The van der Waals surface area contributed by atoms with Gasteiger partial charge in [-0.25, -0.2) is 0 Å². The molecule has 0 saturated heterocycles. The van der Waals surface area contributed by atoms with Crippen LogP contribution in [0.25, 0.3) is 12.2 Å². The van der Waals surface area contributed by atoms with E-state index in [0.717, 1.165) is 12.1 Å². The van der Waals surface area contributed by atoms with Gasteiger partial charge in [-0.05, 0) is 35.4 Å². The molecule has 0 aliphatic rings. The van der Waals surface area contributed by atoms with Gasteiger partial charge >= 0.3 is 0 Å². The minimum atomic E-state index is -4.72. The van der Waals surface area contributed by atoms with Crippen molar-refractivity contribution >= 4 is 55.6 Å². The van der Waals surface area contributed by atoms with Gasteiger partial charge in [-0.1, -0.05) is 24.3 Å². The Labute approximate surface area is 184 Å². The fraction of sp³-hybridized carbons (Fsp3) is 0.158. The molecule has 2 rings (SSSR count). The highest BCUT2D eigenvalue weighted by molar-refractivity contribution is 7.86. The highest BCUT2D eigenvalue weighted by atomic mass is 32.2. The van der Waals surface area contributed by atoms with E-state index in [1.165, 1.54) is 50.5 Å². The number of carbonyl (C=O) groups excluding carboxylic acids is 2. The number of benzene rings is 2. The van der Waals surface area contributed by atoms with Crippen molar-refractivity contribution < 1.29 is 40.3 Å². The van der Waals surface area contributed by atoms with E-state index in [4.69, 9.17) is 0 Å². The molecule has 0 aliphatic heterocycles. The van der Waals surface area contributed by atoms with Crippen LogP contribution >= 0.6 is 0 Å². The van der Waals surface area contributed by atoms with Crippen LogP contribution < -0.4 is 10.6 Å². The maximum atomic E-state index is 11.8. The molecule has 11 nitrogen and oxygen atoms in total. The number of rotatable bonds is 8. The summed E-state index contributed by atoms with van der Waals surface area (Å²) in [6.07, 6.45) is 2.40. The Bertz CT molecular complexity index is 1280. The summed E-state index contributed by atoms with van der Waals surface area (Å²) in [6.45, 7) is 0.953. The number of hydrogen-bond donors (Lipinski definition) is 4. The Morgan fingerprint density at radius 1 is 0.875 bits per heavy atom. The van der Waals surface area contributed by atoms with Crippen LogP contribution in [-0.2, 0) is 34.6 Å². The second-order valence-corrected chi connectivity index (χ2v) is 9.23. The summed E-state index contributed by atoms with van der Waals surface area (Å²) >= 11 is 0. The number of carbonyl (C=O) groups is 2. The summed E-state index contributed by atoms with van der Waals surface area (Å²) < 4.78 is 70.9. The smallest absolute Gasteiger partial charge is 0.295 e. The molecule has 0 fully saturated rings. The molecule has 0 bridgehead atoms. The highest BCUT2D eigenvalue weighted by Gasteiger charge is 2.18. The third-order valence-electron chi connectivity index (χ3n) is 3.90. The van der Waals surface area contributed by atoms with Gasteiger partial charge < -0.3 is 15.4 Å². The van der Waals surface area contributed by atoms with Gasteiger partial charge in [-0.15, -0.1) is 0 Å². The standard InChI is InChI=1S/C19H20N2O9S2/c1-12(22)20-15-7-5-13(17(9-15)31(24,25)26)3-4-14-6-8-16(21-19(23)11-30-2)10-18(14)32(27,28)29/h3-10H,11H2,1-2H3,(H,20,22)(H,21,23)(H,24,25,26)(H,27,28,29). The van der Waals surface area contributed by atoms with Crippen molar-refractivity contribution in [3.8, 4) is 0 Å². The van der Waals surface area contributed by atoms with Crippen LogP contribution in [0.1, 0.15) is 18.1 Å². The van der Waals surface area contributed by atoms with E-state index < -0.39 is 41.8 Å². The van der Waals surface area contributed by atoms with Crippen LogP contribution in [0.15, 0.2) is 46.2 Å². The molecule has 13 heteroatoms. The van der Waals surface area contributed by atoms with Crippen LogP contribution in [0.5, 0.6) is 0 Å². The van der Waals surface area contributed by atoms with Crippen molar-refractivity contribution in [3.63, 3.8) is 0 Å². The predicted octanol–water partition coefficient (Wildman–Crippen LogP) is 1.89. The fourth-order valence-corrected chi connectivity index (χ4v) is 4.08. The van der Waals surface area contributed by atoms with Crippen LogP contribution in [0, 0.1) is 0 Å². The van der Waals surface area contributed by atoms with Crippen molar-refractivity contribution in [1.29, 1.82) is 0 Å². The summed E-state index contributed by atoms with van der Waals surface area (Å²) in [7, 11) is -8.10. The Morgan fingerprint density at radius 2 is 1.31 bits per heavy atom. The summed E-state index contributed by atoms with van der Waals surface area (Å²) in [5.74, 6) is -1.00. The molecule has 0 saturated carbocycles.